The summed E-state index contributed by atoms with van der Waals surface area (Å²) in [6, 6.07) is 0. The number of hydrogen-bond acceptors (Lipinski definition) is 6. The van der Waals surface area contributed by atoms with E-state index in [4.69, 9.17) is 9.26 Å². The summed E-state index contributed by atoms with van der Waals surface area (Å²) in [5, 5.41) is 4.05. The summed E-state index contributed by atoms with van der Waals surface area (Å²) in [5.74, 6) is 1.46. The van der Waals surface area contributed by atoms with E-state index in [9.17, 15) is 4.79 Å². The Kier molecular flexibility index (Phi) is 4.50. The molecule has 1 aromatic heterocycles. The molecule has 2 aliphatic heterocycles. The zero-order valence-corrected chi connectivity index (χ0v) is 12.5. The number of aromatic nitrogens is 2. The largest absolute Gasteiger partial charge is 0.368 e. The van der Waals surface area contributed by atoms with Crippen molar-refractivity contribution in [1.82, 2.24) is 19.9 Å². The van der Waals surface area contributed by atoms with Gasteiger partial charge in [0.25, 0.3) is 5.89 Å². The van der Waals surface area contributed by atoms with Gasteiger partial charge in [-0.3, -0.25) is 9.69 Å². The number of hydrogen-bond donors (Lipinski definition) is 0. The molecule has 0 saturated carbocycles. The Morgan fingerprint density at radius 1 is 1.29 bits per heavy atom. The van der Waals surface area contributed by atoms with Crippen LogP contribution in [0.3, 0.4) is 0 Å². The molecule has 0 unspecified atom stereocenters. The quantitative estimate of drug-likeness (QED) is 0.827. The van der Waals surface area contributed by atoms with Crippen LogP contribution in [0.25, 0.3) is 0 Å². The van der Waals surface area contributed by atoms with E-state index in [0.717, 1.165) is 52.0 Å². The van der Waals surface area contributed by atoms with Crippen LogP contribution in [-0.2, 0) is 16.1 Å². The molecular formula is C14H22N4O3. The zero-order valence-electron chi connectivity index (χ0n) is 12.5. The summed E-state index contributed by atoms with van der Waals surface area (Å²) in [5.41, 5.74) is 0. The molecule has 2 fully saturated rings. The molecule has 3 heterocycles. The van der Waals surface area contributed by atoms with E-state index in [2.05, 4.69) is 15.0 Å². The van der Waals surface area contributed by atoms with Crippen molar-refractivity contribution in [3.8, 4) is 0 Å². The van der Waals surface area contributed by atoms with Gasteiger partial charge < -0.3 is 14.2 Å². The van der Waals surface area contributed by atoms with Crippen LogP contribution in [0.1, 0.15) is 44.0 Å². The third kappa shape index (κ3) is 3.59. The third-order valence-corrected chi connectivity index (χ3v) is 4.09. The Morgan fingerprint density at radius 3 is 2.95 bits per heavy atom. The van der Waals surface area contributed by atoms with Crippen molar-refractivity contribution in [3.63, 3.8) is 0 Å². The minimum atomic E-state index is -0.0245. The molecule has 1 atom stereocenters. The van der Waals surface area contributed by atoms with Gasteiger partial charge in [-0.15, -0.1) is 0 Å². The van der Waals surface area contributed by atoms with Gasteiger partial charge in [-0.1, -0.05) is 5.16 Å². The SMILES string of the molecule is CC(=O)N1CCCN(Cc2noc([C@@H]3CCCO3)n2)CC1. The summed E-state index contributed by atoms with van der Waals surface area (Å²) in [7, 11) is 0. The first-order chi connectivity index (χ1) is 10.2. The van der Waals surface area contributed by atoms with Gasteiger partial charge in [0.05, 0.1) is 6.54 Å². The fourth-order valence-corrected chi connectivity index (χ4v) is 2.88. The van der Waals surface area contributed by atoms with E-state index in [1.807, 2.05) is 4.90 Å². The monoisotopic (exact) mass is 294 g/mol. The smallest absolute Gasteiger partial charge is 0.255 e. The molecule has 0 aliphatic carbocycles. The normalized spacial score (nSPS) is 24.2. The standard InChI is InChI=1S/C14H22N4O3/c1-11(19)18-6-3-5-17(7-8-18)10-13-15-14(21-16-13)12-4-2-9-20-12/h12H,2-10H2,1H3/t12-/m0/s1. The minimum Gasteiger partial charge on any atom is -0.368 e. The van der Waals surface area contributed by atoms with Crippen molar-refractivity contribution < 1.29 is 14.1 Å². The fraction of sp³-hybridized carbons (Fsp3) is 0.786. The van der Waals surface area contributed by atoms with Crippen LogP contribution in [0.15, 0.2) is 4.52 Å². The highest BCUT2D eigenvalue weighted by atomic mass is 16.5. The molecular weight excluding hydrogens is 272 g/mol. The Bertz CT molecular complexity index is 484. The maximum Gasteiger partial charge on any atom is 0.255 e. The average molecular weight is 294 g/mol. The summed E-state index contributed by atoms with van der Waals surface area (Å²) < 4.78 is 10.9. The minimum absolute atomic E-state index is 0.0245. The van der Waals surface area contributed by atoms with E-state index >= 15 is 0 Å². The Balaban J connectivity index is 1.55. The van der Waals surface area contributed by atoms with Crippen LogP contribution in [0.4, 0.5) is 0 Å². The Morgan fingerprint density at radius 2 is 2.19 bits per heavy atom. The molecule has 0 bridgehead atoms. The van der Waals surface area contributed by atoms with Crippen LogP contribution in [-0.4, -0.2) is 58.6 Å². The summed E-state index contributed by atoms with van der Waals surface area (Å²) in [6.07, 6.45) is 2.97. The molecule has 116 valence electrons. The molecule has 0 N–H and O–H groups in total. The van der Waals surface area contributed by atoms with E-state index in [0.29, 0.717) is 18.3 Å². The predicted molar refractivity (Wildman–Crippen MR) is 74.4 cm³/mol. The molecule has 7 heteroatoms. The molecule has 21 heavy (non-hydrogen) atoms. The van der Waals surface area contributed by atoms with E-state index in [-0.39, 0.29) is 12.0 Å². The van der Waals surface area contributed by atoms with Gasteiger partial charge in [0.15, 0.2) is 5.82 Å². The highest BCUT2D eigenvalue weighted by Crippen LogP contribution is 2.27. The van der Waals surface area contributed by atoms with Gasteiger partial charge in [0, 0.05) is 39.7 Å². The number of carbonyl (C=O) groups excluding carboxylic acids is 1. The van der Waals surface area contributed by atoms with Crippen LogP contribution < -0.4 is 0 Å². The Hall–Kier alpha value is -1.47. The number of nitrogens with zero attached hydrogens (tertiary/aromatic N) is 4. The van der Waals surface area contributed by atoms with Crippen molar-refractivity contribution in [2.24, 2.45) is 0 Å². The lowest BCUT2D eigenvalue weighted by Crippen LogP contribution is -2.33. The number of amides is 1. The highest BCUT2D eigenvalue weighted by Gasteiger charge is 2.24. The fourth-order valence-electron chi connectivity index (χ4n) is 2.88. The second-order valence-electron chi connectivity index (χ2n) is 5.69. The predicted octanol–water partition coefficient (Wildman–Crippen LogP) is 0.975. The lowest BCUT2D eigenvalue weighted by molar-refractivity contribution is -0.128. The van der Waals surface area contributed by atoms with Crippen molar-refractivity contribution in [2.75, 3.05) is 32.8 Å². The van der Waals surface area contributed by atoms with E-state index in [1.165, 1.54) is 0 Å². The summed E-state index contributed by atoms with van der Waals surface area (Å²) >= 11 is 0. The molecule has 1 amide bonds. The lowest BCUT2D eigenvalue weighted by atomic mass is 10.2. The van der Waals surface area contributed by atoms with Gasteiger partial charge >= 0.3 is 0 Å². The third-order valence-electron chi connectivity index (χ3n) is 4.09. The van der Waals surface area contributed by atoms with Gasteiger partial charge in [0.2, 0.25) is 5.91 Å². The van der Waals surface area contributed by atoms with Gasteiger partial charge in [-0.2, -0.15) is 4.98 Å². The Labute approximate surface area is 124 Å². The first-order valence-corrected chi connectivity index (χ1v) is 7.64. The van der Waals surface area contributed by atoms with Crippen molar-refractivity contribution in [3.05, 3.63) is 11.7 Å². The maximum atomic E-state index is 11.4. The molecule has 7 nitrogen and oxygen atoms in total. The number of rotatable bonds is 3. The van der Waals surface area contributed by atoms with Crippen molar-refractivity contribution >= 4 is 5.91 Å². The topological polar surface area (TPSA) is 71.7 Å². The van der Waals surface area contributed by atoms with Gasteiger partial charge in [-0.05, 0) is 19.3 Å². The zero-order chi connectivity index (χ0) is 14.7. The molecule has 2 saturated heterocycles. The van der Waals surface area contributed by atoms with Gasteiger partial charge in [0.1, 0.15) is 6.10 Å². The van der Waals surface area contributed by atoms with Crippen molar-refractivity contribution in [1.29, 1.82) is 0 Å². The molecule has 0 aromatic carbocycles. The molecule has 1 aromatic rings. The molecule has 2 aliphatic rings. The maximum absolute atomic E-state index is 11.4. The van der Waals surface area contributed by atoms with Crippen LogP contribution in [0, 0.1) is 0 Å². The van der Waals surface area contributed by atoms with E-state index in [1.54, 1.807) is 6.92 Å². The van der Waals surface area contributed by atoms with Crippen LogP contribution >= 0.6 is 0 Å². The van der Waals surface area contributed by atoms with Crippen molar-refractivity contribution in [2.45, 2.75) is 38.8 Å². The second-order valence-corrected chi connectivity index (χ2v) is 5.69. The molecule has 0 spiro atoms. The lowest BCUT2D eigenvalue weighted by Gasteiger charge is -2.19. The van der Waals surface area contributed by atoms with Crippen LogP contribution in [0.5, 0.6) is 0 Å². The number of ether oxygens (including phenoxy) is 1. The summed E-state index contributed by atoms with van der Waals surface area (Å²) in [6.45, 7) is 6.47. The first kappa shape index (κ1) is 14.5. The summed E-state index contributed by atoms with van der Waals surface area (Å²) in [4.78, 5) is 20.0. The van der Waals surface area contributed by atoms with Gasteiger partial charge in [-0.25, -0.2) is 0 Å². The second kappa shape index (κ2) is 6.53. The molecule has 0 radical (unpaired) electrons. The first-order valence-electron chi connectivity index (χ1n) is 7.64. The highest BCUT2D eigenvalue weighted by molar-refractivity contribution is 5.73. The van der Waals surface area contributed by atoms with Crippen LogP contribution in [0.2, 0.25) is 0 Å². The number of carbonyl (C=O) groups is 1. The van der Waals surface area contributed by atoms with E-state index < -0.39 is 0 Å². The molecule has 3 rings (SSSR count). The average Bonchev–Trinajstić information content (AvgIpc) is 3.07.